The Kier molecular flexibility index (Phi) is 2.86. The Morgan fingerprint density at radius 1 is 1.44 bits per heavy atom. The Bertz CT molecular complexity index is 563. The summed E-state index contributed by atoms with van der Waals surface area (Å²) in [6.07, 6.45) is 3.04. The molecule has 0 spiro atoms. The summed E-state index contributed by atoms with van der Waals surface area (Å²) >= 11 is 1.43. The van der Waals surface area contributed by atoms with Crippen molar-refractivity contribution >= 4 is 17.6 Å². The molecule has 1 aliphatic carbocycles. The van der Waals surface area contributed by atoms with Crippen LogP contribution < -0.4 is 5.73 Å². The van der Waals surface area contributed by atoms with Gasteiger partial charge < -0.3 is 5.73 Å². The fourth-order valence-electron chi connectivity index (χ4n) is 1.60. The van der Waals surface area contributed by atoms with E-state index in [2.05, 4.69) is 25.5 Å². The van der Waals surface area contributed by atoms with Crippen molar-refractivity contribution < 1.29 is 0 Å². The van der Waals surface area contributed by atoms with E-state index in [-0.39, 0.29) is 0 Å². The number of nitrogens with zero attached hydrogens (tertiary/aromatic N) is 6. The predicted octanol–water partition coefficient (Wildman–Crippen LogP) is 1.09. The van der Waals surface area contributed by atoms with E-state index in [1.165, 1.54) is 11.8 Å². The van der Waals surface area contributed by atoms with Gasteiger partial charge in [-0.3, -0.25) is 0 Å². The zero-order valence-corrected chi connectivity index (χ0v) is 10.8. The van der Waals surface area contributed by atoms with Crippen molar-refractivity contribution in [2.45, 2.75) is 42.4 Å². The van der Waals surface area contributed by atoms with Gasteiger partial charge in [-0.2, -0.15) is 0 Å². The molecule has 2 aromatic heterocycles. The zero-order chi connectivity index (χ0) is 12.5. The molecule has 7 nitrogen and oxygen atoms in total. The van der Waals surface area contributed by atoms with Crippen molar-refractivity contribution in [2.24, 2.45) is 0 Å². The highest BCUT2D eigenvalue weighted by molar-refractivity contribution is 7.99. The van der Waals surface area contributed by atoms with E-state index < -0.39 is 0 Å². The fraction of sp³-hybridized carbons (Fsp3) is 0.500. The molecule has 1 saturated carbocycles. The van der Waals surface area contributed by atoms with Crippen LogP contribution in [0.4, 0.5) is 5.82 Å². The first-order valence-corrected chi connectivity index (χ1v) is 6.67. The van der Waals surface area contributed by atoms with Crippen LogP contribution in [0.2, 0.25) is 0 Å². The summed E-state index contributed by atoms with van der Waals surface area (Å²) in [6, 6.07) is 2.20. The van der Waals surface area contributed by atoms with E-state index in [9.17, 15) is 0 Å². The molecular formula is C10H13N7S. The second kappa shape index (κ2) is 4.52. The molecule has 1 fully saturated rings. The summed E-state index contributed by atoms with van der Waals surface area (Å²) in [5.41, 5.74) is 5.75. The molecule has 0 saturated heterocycles. The molecule has 0 aromatic carbocycles. The highest BCUT2D eigenvalue weighted by Crippen LogP contribution is 2.37. The first-order chi connectivity index (χ1) is 8.76. The van der Waals surface area contributed by atoms with E-state index >= 15 is 0 Å². The molecule has 18 heavy (non-hydrogen) atoms. The van der Waals surface area contributed by atoms with Crippen LogP contribution in [0, 0.1) is 0 Å². The molecule has 0 amide bonds. The Morgan fingerprint density at radius 3 is 3.00 bits per heavy atom. The molecule has 2 N–H and O–H groups in total. The van der Waals surface area contributed by atoms with E-state index in [0.717, 1.165) is 35.3 Å². The van der Waals surface area contributed by atoms with Crippen LogP contribution in [0.1, 0.15) is 31.6 Å². The Balaban J connectivity index is 1.87. The second-order valence-corrected chi connectivity index (χ2v) is 5.13. The van der Waals surface area contributed by atoms with Gasteiger partial charge in [0.2, 0.25) is 5.16 Å². The lowest BCUT2D eigenvalue weighted by Crippen LogP contribution is -2.01. The van der Waals surface area contributed by atoms with Crippen molar-refractivity contribution in [1.29, 1.82) is 0 Å². The SMILES string of the molecule is CCc1nc(N)cc(Sc2nnnn2C2CC2)n1. The lowest BCUT2D eigenvalue weighted by molar-refractivity contribution is 0.565. The van der Waals surface area contributed by atoms with Gasteiger partial charge >= 0.3 is 0 Å². The highest BCUT2D eigenvalue weighted by Gasteiger charge is 2.28. The van der Waals surface area contributed by atoms with Gasteiger partial charge in [0.25, 0.3) is 0 Å². The van der Waals surface area contributed by atoms with Crippen LogP contribution >= 0.6 is 11.8 Å². The van der Waals surface area contributed by atoms with Crippen molar-refractivity contribution in [1.82, 2.24) is 30.2 Å². The third kappa shape index (κ3) is 2.28. The van der Waals surface area contributed by atoms with Crippen LogP contribution in [0.3, 0.4) is 0 Å². The first-order valence-electron chi connectivity index (χ1n) is 5.85. The molecule has 94 valence electrons. The van der Waals surface area contributed by atoms with Gasteiger partial charge in [0, 0.05) is 12.5 Å². The van der Waals surface area contributed by atoms with E-state index in [4.69, 9.17) is 5.73 Å². The van der Waals surface area contributed by atoms with Crippen molar-refractivity contribution in [3.63, 3.8) is 0 Å². The molecule has 0 unspecified atom stereocenters. The van der Waals surface area contributed by atoms with Crippen LogP contribution in [-0.4, -0.2) is 30.2 Å². The van der Waals surface area contributed by atoms with Gasteiger partial charge in [0.1, 0.15) is 16.7 Å². The number of nitrogen functional groups attached to an aromatic ring is 1. The largest absolute Gasteiger partial charge is 0.384 e. The molecule has 0 radical (unpaired) electrons. The fourth-order valence-corrected chi connectivity index (χ4v) is 2.47. The van der Waals surface area contributed by atoms with Gasteiger partial charge in [-0.15, -0.1) is 5.10 Å². The van der Waals surface area contributed by atoms with Gasteiger partial charge in [-0.1, -0.05) is 6.92 Å². The Labute approximate surface area is 108 Å². The molecule has 0 aliphatic heterocycles. The minimum Gasteiger partial charge on any atom is -0.384 e. The summed E-state index contributed by atoms with van der Waals surface area (Å²) in [5, 5.41) is 13.3. The molecule has 0 bridgehead atoms. The topological polar surface area (TPSA) is 95.4 Å². The molecule has 8 heteroatoms. The van der Waals surface area contributed by atoms with E-state index in [1.54, 1.807) is 6.07 Å². The average molecular weight is 263 g/mol. The van der Waals surface area contributed by atoms with Crippen LogP contribution in [0.25, 0.3) is 0 Å². The number of aryl methyl sites for hydroxylation is 1. The standard InChI is InChI=1S/C10H13N7S/c1-2-8-12-7(11)5-9(13-8)18-10-14-15-16-17(10)6-3-4-6/h5-6H,2-4H2,1H3,(H2,11,12,13). The van der Waals surface area contributed by atoms with Gasteiger partial charge in [0.05, 0.1) is 6.04 Å². The van der Waals surface area contributed by atoms with Crippen molar-refractivity contribution in [3.05, 3.63) is 11.9 Å². The highest BCUT2D eigenvalue weighted by atomic mass is 32.2. The van der Waals surface area contributed by atoms with Crippen LogP contribution in [0.15, 0.2) is 16.2 Å². The summed E-state index contributed by atoms with van der Waals surface area (Å²) in [4.78, 5) is 8.56. The maximum atomic E-state index is 5.75. The van der Waals surface area contributed by atoms with E-state index in [1.807, 2.05) is 11.6 Å². The first kappa shape index (κ1) is 11.4. The Morgan fingerprint density at radius 2 is 2.28 bits per heavy atom. The van der Waals surface area contributed by atoms with Gasteiger partial charge in [-0.25, -0.2) is 14.6 Å². The maximum Gasteiger partial charge on any atom is 0.215 e. The number of nitrogens with two attached hydrogens (primary N) is 1. The minimum absolute atomic E-state index is 0.451. The number of hydrogen-bond acceptors (Lipinski definition) is 7. The maximum absolute atomic E-state index is 5.75. The van der Waals surface area contributed by atoms with Crippen LogP contribution in [-0.2, 0) is 6.42 Å². The van der Waals surface area contributed by atoms with Crippen molar-refractivity contribution in [3.8, 4) is 0 Å². The van der Waals surface area contributed by atoms with Gasteiger partial charge in [0.15, 0.2) is 0 Å². The molecular weight excluding hydrogens is 250 g/mol. The quantitative estimate of drug-likeness (QED) is 0.825. The summed E-state index contributed by atoms with van der Waals surface area (Å²) in [5.74, 6) is 1.22. The average Bonchev–Trinajstić information content (AvgIpc) is 3.10. The number of rotatable bonds is 4. The monoisotopic (exact) mass is 263 g/mol. The van der Waals surface area contributed by atoms with Crippen LogP contribution in [0.5, 0.6) is 0 Å². The van der Waals surface area contributed by atoms with Gasteiger partial charge in [-0.05, 0) is 35.0 Å². The second-order valence-electron chi connectivity index (χ2n) is 4.14. The molecule has 2 heterocycles. The summed E-state index contributed by atoms with van der Waals surface area (Å²) in [7, 11) is 0. The smallest absolute Gasteiger partial charge is 0.215 e. The minimum atomic E-state index is 0.451. The summed E-state index contributed by atoms with van der Waals surface area (Å²) in [6.45, 7) is 2.00. The molecule has 1 aliphatic rings. The number of aromatic nitrogens is 6. The third-order valence-electron chi connectivity index (χ3n) is 2.64. The molecule has 2 aromatic rings. The normalized spacial score (nSPS) is 14.9. The summed E-state index contributed by atoms with van der Waals surface area (Å²) < 4.78 is 1.86. The zero-order valence-electron chi connectivity index (χ0n) is 9.94. The number of hydrogen-bond donors (Lipinski definition) is 1. The Hall–Kier alpha value is -1.70. The molecule has 0 atom stereocenters. The van der Waals surface area contributed by atoms with E-state index in [0.29, 0.717) is 11.9 Å². The number of anilines is 1. The predicted molar refractivity (Wildman–Crippen MR) is 66.0 cm³/mol. The number of tetrazole rings is 1. The lowest BCUT2D eigenvalue weighted by Gasteiger charge is -2.04. The molecule has 3 rings (SSSR count). The van der Waals surface area contributed by atoms with Crippen molar-refractivity contribution in [2.75, 3.05) is 5.73 Å². The third-order valence-corrected chi connectivity index (χ3v) is 3.51. The lowest BCUT2D eigenvalue weighted by atomic mass is 10.4.